The molecule has 0 fully saturated rings. The van der Waals surface area contributed by atoms with Gasteiger partial charge in [0.05, 0.1) is 13.1 Å². The van der Waals surface area contributed by atoms with Gasteiger partial charge in [-0.15, -0.1) is 0 Å². The van der Waals surface area contributed by atoms with Crippen molar-refractivity contribution < 1.29 is 24.0 Å². The van der Waals surface area contributed by atoms with Crippen LogP contribution in [0.4, 0.5) is 9.59 Å². The average molecular weight is 367 g/mol. The summed E-state index contributed by atoms with van der Waals surface area (Å²) < 4.78 is -0.0334. The lowest BCUT2D eigenvalue weighted by Crippen LogP contribution is -2.64. The molecule has 0 aromatic carbocycles. The number of nitrogens with one attached hydrogen (secondary N) is 2. The second kappa shape index (κ2) is 7.65. The minimum atomic E-state index is -1.21. The predicted molar refractivity (Wildman–Crippen MR) is 96.7 cm³/mol. The first-order chi connectivity index (χ1) is 12.2. The number of unbranched alkanes of at least 4 members (excludes halogenated alkanes) is 4. The van der Waals surface area contributed by atoms with Crippen molar-refractivity contribution in [2.45, 2.75) is 71.9 Å². The number of quaternary nitrogens is 1. The van der Waals surface area contributed by atoms with Crippen LogP contribution in [0.5, 0.6) is 0 Å². The number of rotatable bonds is 8. The van der Waals surface area contributed by atoms with Crippen molar-refractivity contribution in [2.75, 3.05) is 13.1 Å². The van der Waals surface area contributed by atoms with Crippen LogP contribution in [0, 0.1) is 0 Å². The van der Waals surface area contributed by atoms with Crippen molar-refractivity contribution in [1.29, 1.82) is 0 Å². The van der Waals surface area contributed by atoms with Gasteiger partial charge in [-0.05, 0) is 39.5 Å². The van der Waals surface area contributed by atoms with E-state index in [2.05, 4.69) is 24.5 Å². The molecular formula is C18H31N4O4+. The van der Waals surface area contributed by atoms with Gasteiger partial charge in [-0.2, -0.15) is 4.48 Å². The Kier molecular flexibility index (Phi) is 5.95. The summed E-state index contributed by atoms with van der Waals surface area (Å²) in [6.45, 7) is 8.68. The smallest absolute Gasteiger partial charge is 0.429 e. The van der Waals surface area contributed by atoms with Crippen molar-refractivity contribution in [1.82, 2.24) is 15.5 Å². The van der Waals surface area contributed by atoms with E-state index in [1.54, 1.807) is 13.8 Å². The summed E-state index contributed by atoms with van der Waals surface area (Å²) in [5.74, 6) is -0.219. The highest BCUT2D eigenvalue weighted by atomic mass is 16.4. The molecule has 0 radical (unpaired) electrons. The fourth-order valence-electron chi connectivity index (χ4n) is 3.81. The van der Waals surface area contributed by atoms with Gasteiger partial charge in [0.25, 0.3) is 5.91 Å². The fourth-order valence-corrected chi connectivity index (χ4v) is 3.81. The Balaban J connectivity index is 2.52. The van der Waals surface area contributed by atoms with Crippen LogP contribution in [-0.4, -0.2) is 51.3 Å². The molecule has 26 heavy (non-hydrogen) atoms. The molecular weight excluding hydrogens is 336 g/mol. The Morgan fingerprint density at radius 1 is 1.08 bits per heavy atom. The van der Waals surface area contributed by atoms with Crippen LogP contribution >= 0.6 is 0 Å². The minimum absolute atomic E-state index is 0.0334. The Morgan fingerprint density at radius 3 is 2.08 bits per heavy atom. The second-order valence-electron chi connectivity index (χ2n) is 7.59. The number of urea groups is 1. The number of amides is 4. The Hall–Kier alpha value is -2.09. The molecule has 0 aromatic heterocycles. The van der Waals surface area contributed by atoms with Crippen molar-refractivity contribution in [2.24, 2.45) is 0 Å². The molecule has 2 heterocycles. The van der Waals surface area contributed by atoms with Crippen molar-refractivity contribution in [3.05, 3.63) is 11.5 Å². The molecule has 0 atom stereocenters. The normalized spacial score (nSPS) is 20.7. The standard InChI is InChI=1S/C18H30N4O4/c1-5-7-9-11-22(12-10-8-6-2)14-13(15(23)19-16(22)24)21(17(25)26)18(3,4)20-14/h5-12H2,1-4H3,(H2-,19,20,23,24,25,26)/p+1. The zero-order chi connectivity index (χ0) is 19.5. The van der Waals surface area contributed by atoms with Crippen LogP contribution in [0.1, 0.15) is 66.2 Å². The van der Waals surface area contributed by atoms with Gasteiger partial charge in [0.15, 0.2) is 5.70 Å². The highest BCUT2D eigenvalue weighted by Gasteiger charge is 2.58. The first kappa shape index (κ1) is 20.2. The first-order valence-electron chi connectivity index (χ1n) is 9.50. The van der Waals surface area contributed by atoms with E-state index in [0.717, 1.165) is 43.4 Å². The highest BCUT2D eigenvalue weighted by Crippen LogP contribution is 2.37. The lowest BCUT2D eigenvalue weighted by Gasteiger charge is -2.38. The van der Waals surface area contributed by atoms with E-state index in [1.165, 1.54) is 0 Å². The number of carbonyl (C=O) groups is 3. The number of carboxylic acid groups (broad SMARTS) is 1. The van der Waals surface area contributed by atoms with E-state index >= 15 is 0 Å². The lowest BCUT2D eigenvalue weighted by molar-refractivity contribution is -0.817. The summed E-state index contributed by atoms with van der Waals surface area (Å²) in [5, 5.41) is 15.2. The van der Waals surface area contributed by atoms with E-state index < -0.39 is 17.7 Å². The molecule has 0 saturated heterocycles. The molecule has 0 aromatic rings. The van der Waals surface area contributed by atoms with E-state index in [1.807, 2.05) is 0 Å². The van der Waals surface area contributed by atoms with Crippen LogP contribution in [0.3, 0.4) is 0 Å². The Bertz CT molecular complexity index is 617. The number of hydrogen-bond donors (Lipinski definition) is 3. The molecule has 0 saturated carbocycles. The highest BCUT2D eigenvalue weighted by molar-refractivity contribution is 6.06. The molecule has 2 rings (SSSR count). The summed E-state index contributed by atoms with van der Waals surface area (Å²) in [5.41, 5.74) is -0.938. The number of imide groups is 1. The maximum absolute atomic E-state index is 12.9. The van der Waals surface area contributed by atoms with Crippen LogP contribution in [0.25, 0.3) is 0 Å². The first-order valence-corrected chi connectivity index (χ1v) is 9.50. The van der Waals surface area contributed by atoms with Gasteiger partial charge >= 0.3 is 12.1 Å². The molecule has 0 bridgehead atoms. The van der Waals surface area contributed by atoms with Gasteiger partial charge in [-0.25, -0.2) is 19.8 Å². The predicted octanol–water partition coefficient (Wildman–Crippen LogP) is 2.92. The van der Waals surface area contributed by atoms with Gasteiger partial charge in [0.2, 0.25) is 5.82 Å². The summed E-state index contributed by atoms with van der Waals surface area (Å²) in [7, 11) is 0. The summed E-state index contributed by atoms with van der Waals surface area (Å²) >= 11 is 0. The third-order valence-electron chi connectivity index (χ3n) is 5.16. The number of carbonyl (C=O) groups excluding carboxylic acids is 2. The largest absolute Gasteiger partial charge is 0.465 e. The van der Waals surface area contributed by atoms with Gasteiger partial charge in [0.1, 0.15) is 5.66 Å². The summed E-state index contributed by atoms with van der Waals surface area (Å²) in [6, 6.07) is -0.364. The summed E-state index contributed by atoms with van der Waals surface area (Å²) in [4.78, 5) is 38.3. The summed E-state index contributed by atoms with van der Waals surface area (Å²) in [6.07, 6.45) is 4.43. The quantitative estimate of drug-likeness (QED) is 0.452. The minimum Gasteiger partial charge on any atom is -0.465 e. The molecule has 3 N–H and O–H groups in total. The average Bonchev–Trinajstić information content (AvgIpc) is 2.85. The van der Waals surface area contributed by atoms with Crippen LogP contribution in [0.2, 0.25) is 0 Å². The van der Waals surface area contributed by atoms with Crippen LogP contribution in [0.15, 0.2) is 11.5 Å². The van der Waals surface area contributed by atoms with Crippen LogP contribution in [-0.2, 0) is 4.79 Å². The maximum Gasteiger partial charge on any atom is 0.429 e. The van der Waals surface area contributed by atoms with Gasteiger partial charge in [-0.1, -0.05) is 26.7 Å². The van der Waals surface area contributed by atoms with E-state index in [-0.39, 0.29) is 16.2 Å². The third-order valence-corrected chi connectivity index (χ3v) is 5.16. The molecule has 4 amide bonds. The van der Waals surface area contributed by atoms with Crippen LogP contribution < -0.4 is 10.6 Å². The molecule has 0 unspecified atom stereocenters. The van der Waals surface area contributed by atoms with E-state index in [0.29, 0.717) is 18.9 Å². The Morgan fingerprint density at radius 2 is 1.62 bits per heavy atom. The maximum atomic E-state index is 12.9. The van der Waals surface area contributed by atoms with Crippen molar-refractivity contribution >= 4 is 18.0 Å². The number of nitrogens with zero attached hydrogens (tertiary/aromatic N) is 2. The Labute approximate surface area is 154 Å². The topological polar surface area (TPSA) is 98.7 Å². The van der Waals surface area contributed by atoms with Crippen molar-refractivity contribution in [3.8, 4) is 0 Å². The molecule has 146 valence electrons. The second-order valence-corrected chi connectivity index (χ2v) is 7.59. The molecule has 8 heteroatoms. The third kappa shape index (κ3) is 3.42. The van der Waals surface area contributed by atoms with Gasteiger partial charge in [0, 0.05) is 0 Å². The molecule has 2 aliphatic heterocycles. The molecule has 0 spiro atoms. The fraction of sp³-hybridized carbons (Fsp3) is 0.722. The van der Waals surface area contributed by atoms with Gasteiger partial charge in [-0.3, -0.25) is 4.79 Å². The van der Waals surface area contributed by atoms with E-state index in [4.69, 9.17) is 0 Å². The molecule has 8 nitrogen and oxygen atoms in total. The van der Waals surface area contributed by atoms with Crippen molar-refractivity contribution in [3.63, 3.8) is 0 Å². The lowest BCUT2D eigenvalue weighted by atomic mass is 10.1. The SMILES string of the molecule is CCCCC[N+]1(CCCCC)C(=O)NC(=O)C2=C1NC(C)(C)N2C(=O)O. The molecule has 0 aliphatic carbocycles. The zero-order valence-corrected chi connectivity index (χ0v) is 16.2. The zero-order valence-electron chi connectivity index (χ0n) is 16.2. The number of hydrogen-bond acceptors (Lipinski definition) is 4. The van der Waals surface area contributed by atoms with Gasteiger partial charge < -0.3 is 10.4 Å². The monoisotopic (exact) mass is 367 g/mol. The molecule has 2 aliphatic rings. The van der Waals surface area contributed by atoms with E-state index in [9.17, 15) is 19.5 Å².